The number of nitrogens with zero attached hydrogens (tertiary/aromatic N) is 1. The molecule has 2 aliphatic rings. The Kier molecular flexibility index (Phi) is 4.51. The van der Waals surface area contributed by atoms with Gasteiger partial charge in [-0.1, -0.05) is 19.8 Å². The molecule has 1 heterocycles. The van der Waals surface area contributed by atoms with Crippen molar-refractivity contribution < 1.29 is 0 Å². The zero-order valence-corrected chi connectivity index (χ0v) is 13.5. The van der Waals surface area contributed by atoms with Gasteiger partial charge in [0.15, 0.2) is 0 Å². The van der Waals surface area contributed by atoms with Crippen molar-refractivity contribution in [1.82, 2.24) is 4.98 Å². The summed E-state index contributed by atoms with van der Waals surface area (Å²) in [6, 6.07) is 4.14. The van der Waals surface area contributed by atoms with Crippen LogP contribution in [0.2, 0.25) is 0 Å². The predicted molar refractivity (Wildman–Crippen MR) is 89.2 cm³/mol. The van der Waals surface area contributed by atoms with Crippen LogP contribution in [-0.2, 0) is 0 Å². The quantitative estimate of drug-likeness (QED) is 0.819. The molecule has 116 valence electrons. The van der Waals surface area contributed by atoms with Crippen LogP contribution in [0.25, 0.3) is 0 Å². The number of pyridine rings is 1. The number of hydrogen-bond donors (Lipinski definition) is 1. The highest BCUT2D eigenvalue weighted by Gasteiger charge is 2.38. The van der Waals surface area contributed by atoms with E-state index in [1.807, 2.05) is 12.3 Å². The van der Waals surface area contributed by atoms with Gasteiger partial charge in [-0.15, -0.1) is 0 Å². The Balaban J connectivity index is 1.54. The molecule has 0 unspecified atom stereocenters. The molecule has 0 bridgehead atoms. The van der Waals surface area contributed by atoms with Crippen LogP contribution in [0.5, 0.6) is 0 Å². The highest BCUT2D eigenvalue weighted by atomic mass is 14.7. The first-order valence-corrected chi connectivity index (χ1v) is 8.92. The second kappa shape index (κ2) is 6.37. The Morgan fingerprint density at radius 2 is 1.76 bits per heavy atom. The van der Waals surface area contributed by atoms with Crippen LogP contribution in [0, 0.1) is 11.3 Å². The lowest BCUT2D eigenvalue weighted by Crippen LogP contribution is -2.31. The fraction of sp³-hybridized carbons (Fsp3) is 0.737. The Bertz CT molecular complexity index is 433. The largest absolute Gasteiger partial charge is 0.397 e. The summed E-state index contributed by atoms with van der Waals surface area (Å²) in [4.78, 5) is 4.55. The molecule has 2 heteroatoms. The van der Waals surface area contributed by atoms with E-state index in [-0.39, 0.29) is 0 Å². The highest BCUT2D eigenvalue weighted by molar-refractivity contribution is 5.35. The van der Waals surface area contributed by atoms with Crippen molar-refractivity contribution >= 4 is 5.69 Å². The number of aromatic nitrogens is 1. The monoisotopic (exact) mass is 286 g/mol. The standard InChI is InChI=1S/C19H30N2/c1-2-3-15-6-10-19(11-7-15)12-8-16(9-13-19)18-5-4-17(20)14-21-18/h4-5,14-16H,2-3,6-13,20H2,1H3. The molecule has 2 nitrogen and oxygen atoms in total. The van der Waals surface area contributed by atoms with Crippen LogP contribution in [0.1, 0.15) is 82.7 Å². The summed E-state index contributed by atoms with van der Waals surface area (Å²) in [5.41, 5.74) is 8.47. The highest BCUT2D eigenvalue weighted by Crippen LogP contribution is 2.52. The first-order chi connectivity index (χ1) is 10.2. The van der Waals surface area contributed by atoms with Gasteiger partial charge in [-0.3, -0.25) is 4.98 Å². The van der Waals surface area contributed by atoms with E-state index >= 15 is 0 Å². The van der Waals surface area contributed by atoms with Crippen LogP contribution in [0.4, 0.5) is 5.69 Å². The molecule has 1 aromatic rings. The molecule has 1 spiro atoms. The molecule has 2 N–H and O–H groups in total. The maximum atomic E-state index is 5.74. The smallest absolute Gasteiger partial charge is 0.0501 e. The third-order valence-corrected chi connectivity index (χ3v) is 6.14. The predicted octanol–water partition coefficient (Wildman–Crippen LogP) is 5.30. The first kappa shape index (κ1) is 14.9. The average Bonchev–Trinajstić information content (AvgIpc) is 2.52. The van der Waals surface area contributed by atoms with Crippen molar-refractivity contribution in [2.24, 2.45) is 11.3 Å². The second-order valence-corrected chi connectivity index (χ2v) is 7.52. The Morgan fingerprint density at radius 1 is 1.10 bits per heavy atom. The summed E-state index contributed by atoms with van der Waals surface area (Å²) >= 11 is 0. The number of rotatable bonds is 3. The van der Waals surface area contributed by atoms with Gasteiger partial charge >= 0.3 is 0 Å². The number of anilines is 1. The minimum absolute atomic E-state index is 0.671. The molecule has 1 aromatic heterocycles. The molecule has 2 fully saturated rings. The zero-order chi connectivity index (χ0) is 14.7. The molecule has 0 saturated heterocycles. The molecule has 0 aromatic carbocycles. The average molecular weight is 286 g/mol. The van der Waals surface area contributed by atoms with Crippen LogP contribution < -0.4 is 5.73 Å². The first-order valence-electron chi connectivity index (χ1n) is 8.92. The second-order valence-electron chi connectivity index (χ2n) is 7.52. The van der Waals surface area contributed by atoms with Gasteiger partial charge in [0.25, 0.3) is 0 Å². The minimum atomic E-state index is 0.671. The van der Waals surface area contributed by atoms with E-state index in [9.17, 15) is 0 Å². The van der Waals surface area contributed by atoms with Gasteiger partial charge in [0.1, 0.15) is 0 Å². The van der Waals surface area contributed by atoms with Gasteiger partial charge in [-0.25, -0.2) is 0 Å². The Morgan fingerprint density at radius 3 is 2.33 bits per heavy atom. The van der Waals surface area contributed by atoms with E-state index in [2.05, 4.69) is 18.0 Å². The van der Waals surface area contributed by atoms with Crippen LogP contribution in [0.3, 0.4) is 0 Å². The molecule has 3 rings (SSSR count). The van der Waals surface area contributed by atoms with Gasteiger partial charge in [0, 0.05) is 11.6 Å². The molecule has 0 atom stereocenters. The summed E-state index contributed by atoms with van der Waals surface area (Å²) < 4.78 is 0. The summed E-state index contributed by atoms with van der Waals surface area (Å²) in [6.07, 6.45) is 16.1. The maximum Gasteiger partial charge on any atom is 0.0501 e. The lowest BCUT2D eigenvalue weighted by molar-refractivity contribution is 0.0861. The van der Waals surface area contributed by atoms with Crippen molar-refractivity contribution in [2.75, 3.05) is 5.73 Å². The van der Waals surface area contributed by atoms with E-state index in [0.29, 0.717) is 11.3 Å². The molecular weight excluding hydrogens is 256 g/mol. The van der Waals surface area contributed by atoms with Crippen molar-refractivity contribution in [1.29, 1.82) is 0 Å². The summed E-state index contributed by atoms with van der Waals surface area (Å²) in [7, 11) is 0. The fourth-order valence-electron chi connectivity index (χ4n) is 4.67. The SMILES string of the molecule is CCCC1CCC2(CC1)CCC(c1ccc(N)cn1)CC2. The summed E-state index contributed by atoms with van der Waals surface area (Å²) in [6.45, 7) is 2.33. The molecule has 0 amide bonds. The molecule has 2 saturated carbocycles. The minimum Gasteiger partial charge on any atom is -0.397 e. The van der Waals surface area contributed by atoms with E-state index < -0.39 is 0 Å². The molecular formula is C19H30N2. The topological polar surface area (TPSA) is 38.9 Å². The van der Waals surface area contributed by atoms with Gasteiger partial charge in [0.05, 0.1) is 11.9 Å². The lowest BCUT2D eigenvalue weighted by atomic mass is 9.61. The molecule has 0 aliphatic heterocycles. The van der Waals surface area contributed by atoms with E-state index in [4.69, 9.17) is 5.73 Å². The van der Waals surface area contributed by atoms with Crippen LogP contribution in [-0.4, -0.2) is 4.98 Å². The van der Waals surface area contributed by atoms with Crippen LogP contribution in [0.15, 0.2) is 18.3 Å². The van der Waals surface area contributed by atoms with Crippen molar-refractivity contribution in [3.8, 4) is 0 Å². The van der Waals surface area contributed by atoms with E-state index in [1.165, 1.54) is 69.9 Å². The van der Waals surface area contributed by atoms with Gasteiger partial charge < -0.3 is 5.73 Å². The van der Waals surface area contributed by atoms with Crippen LogP contribution >= 0.6 is 0 Å². The summed E-state index contributed by atoms with van der Waals surface area (Å²) in [5, 5.41) is 0. The van der Waals surface area contributed by atoms with Gasteiger partial charge in [-0.2, -0.15) is 0 Å². The Hall–Kier alpha value is -1.05. The normalized spacial score (nSPS) is 33.2. The van der Waals surface area contributed by atoms with Crippen molar-refractivity contribution in [3.05, 3.63) is 24.0 Å². The van der Waals surface area contributed by atoms with Crippen molar-refractivity contribution in [3.63, 3.8) is 0 Å². The fourth-order valence-corrected chi connectivity index (χ4v) is 4.67. The van der Waals surface area contributed by atoms with Gasteiger partial charge in [0.2, 0.25) is 0 Å². The van der Waals surface area contributed by atoms with Crippen molar-refractivity contribution in [2.45, 2.75) is 77.0 Å². The number of nitrogens with two attached hydrogens (primary N) is 1. The number of hydrogen-bond acceptors (Lipinski definition) is 2. The lowest BCUT2D eigenvalue weighted by Gasteiger charge is -2.45. The number of nitrogen functional groups attached to an aromatic ring is 1. The summed E-state index contributed by atoms with van der Waals surface area (Å²) in [5.74, 6) is 1.70. The molecule has 21 heavy (non-hydrogen) atoms. The molecule has 2 aliphatic carbocycles. The van der Waals surface area contributed by atoms with E-state index in [1.54, 1.807) is 0 Å². The maximum absolute atomic E-state index is 5.74. The zero-order valence-electron chi connectivity index (χ0n) is 13.5. The van der Waals surface area contributed by atoms with E-state index in [0.717, 1.165) is 11.6 Å². The van der Waals surface area contributed by atoms with Gasteiger partial charge in [-0.05, 0) is 74.8 Å². The third kappa shape index (κ3) is 3.41. The third-order valence-electron chi connectivity index (χ3n) is 6.14. The molecule has 0 radical (unpaired) electrons. The Labute approximate surface area is 129 Å².